The monoisotopic (exact) mass is 427 g/mol. The van der Waals surface area contributed by atoms with Crippen LogP contribution in [0.3, 0.4) is 0 Å². The Kier molecular flexibility index (Phi) is 4.88. The summed E-state index contributed by atoms with van der Waals surface area (Å²) in [5.74, 6) is 0.774. The lowest BCUT2D eigenvalue weighted by Crippen LogP contribution is -2.20. The summed E-state index contributed by atoms with van der Waals surface area (Å²) in [5, 5.41) is 6.40. The molecule has 0 aliphatic carbocycles. The summed E-state index contributed by atoms with van der Waals surface area (Å²) in [6, 6.07) is 22.4. The molecule has 3 aromatic carbocycles. The molecule has 0 fully saturated rings. The zero-order valence-corrected chi connectivity index (χ0v) is 17.5. The standard InChI is InChI=1S/C25H18ClN3O2/c1-2-16-7-9-17(10-8-16)15-27-29-24(28-21-6-4-3-5-20(21)25(29)30)23-14-18-13-19(26)11-12-22(18)31-23/h3-15H,2H2,1H3. The van der Waals surface area contributed by atoms with Crippen molar-refractivity contribution >= 4 is 39.7 Å². The van der Waals surface area contributed by atoms with E-state index in [0.717, 1.165) is 17.4 Å². The maximum absolute atomic E-state index is 13.3. The lowest BCUT2D eigenvalue weighted by atomic mass is 10.1. The summed E-state index contributed by atoms with van der Waals surface area (Å²) in [7, 11) is 0. The molecule has 31 heavy (non-hydrogen) atoms. The van der Waals surface area contributed by atoms with Gasteiger partial charge in [0.15, 0.2) is 5.76 Å². The van der Waals surface area contributed by atoms with Gasteiger partial charge < -0.3 is 4.42 Å². The molecule has 0 aliphatic rings. The van der Waals surface area contributed by atoms with Gasteiger partial charge in [-0.3, -0.25) is 4.79 Å². The molecule has 0 radical (unpaired) electrons. The molecule has 0 saturated carbocycles. The Morgan fingerprint density at radius 1 is 1.06 bits per heavy atom. The summed E-state index contributed by atoms with van der Waals surface area (Å²) >= 11 is 6.11. The Hall–Kier alpha value is -3.70. The third-order valence-electron chi connectivity index (χ3n) is 5.16. The second-order valence-electron chi connectivity index (χ2n) is 7.20. The largest absolute Gasteiger partial charge is 0.453 e. The van der Waals surface area contributed by atoms with Gasteiger partial charge in [0.2, 0.25) is 5.82 Å². The van der Waals surface area contributed by atoms with Crippen LogP contribution in [0.25, 0.3) is 33.5 Å². The molecular weight excluding hydrogens is 410 g/mol. The molecule has 0 unspecified atom stereocenters. The van der Waals surface area contributed by atoms with Gasteiger partial charge in [0, 0.05) is 10.4 Å². The van der Waals surface area contributed by atoms with Crippen LogP contribution in [0.1, 0.15) is 18.1 Å². The van der Waals surface area contributed by atoms with Crippen LogP contribution in [0.4, 0.5) is 0 Å². The molecule has 0 atom stereocenters. The fourth-order valence-electron chi connectivity index (χ4n) is 3.48. The Bertz CT molecular complexity index is 1500. The quantitative estimate of drug-likeness (QED) is 0.335. The molecule has 0 saturated heterocycles. The first-order valence-electron chi connectivity index (χ1n) is 9.97. The Labute approximate surface area is 183 Å². The lowest BCUT2D eigenvalue weighted by molar-refractivity contribution is 0.616. The van der Waals surface area contributed by atoms with Crippen LogP contribution in [0.2, 0.25) is 5.02 Å². The van der Waals surface area contributed by atoms with Crippen LogP contribution in [-0.4, -0.2) is 15.9 Å². The Balaban J connectivity index is 1.70. The van der Waals surface area contributed by atoms with Gasteiger partial charge in [-0.15, -0.1) is 0 Å². The number of aromatic nitrogens is 2. The highest BCUT2D eigenvalue weighted by molar-refractivity contribution is 6.31. The van der Waals surface area contributed by atoms with Gasteiger partial charge in [0.05, 0.1) is 17.1 Å². The molecule has 0 spiro atoms. The van der Waals surface area contributed by atoms with Crippen molar-refractivity contribution in [3.05, 3.63) is 99.3 Å². The normalized spacial score (nSPS) is 11.7. The van der Waals surface area contributed by atoms with Crippen molar-refractivity contribution in [1.82, 2.24) is 9.66 Å². The number of hydrogen-bond acceptors (Lipinski definition) is 4. The topological polar surface area (TPSA) is 60.4 Å². The van der Waals surface area contributed by atoms with Gasteiger partial charge in [-0.2, -0.15) is 9.78 Å². The second-order valence-corrected chi connectivity index (χ2v) is 7.64. The van der Waals surface area contributed by atoms with E-state index in [2.05, 4.69) is 17.0 Å². The van der Waals surface area contributed by atoms with E-state index in [4.69, 9.17) is 16.0 Å². The van der Waals surface area contributed by atoms with E-state index in [1.54, 1.807) is 30.5 Å². The van der Waals surface area contributed by atoms with Crippen LogP contribution in [0, 0.1) is 0 Å². The van der Waals surface area contributed by atoms with Crippen molar-refractivity contribution in [2.24, 2.45) is 5.10 Å². The molecule has 5 aromatic rings. The van der Waals surface area contributed by atoms with Crippen molar-refractivity contribution in [3.8, 4) is 11.6 Å². The predicted molar refractivity (Wildman–Crippen MR) is 125 cm³/mol. The number of furan rings is 1. The number of halogens is 1. The minimum absolute atomic E-state index is 0.263. The van der Waals surface area contributed by atoms with E-state index in [0.29, 0.717) is 33.1 Å². The number of nitrogens with zero attached hydrogens (tertiary/aromatic N) is 3. The molecular formula is C25H18ClN3O2. The van der Waals surface area contributed by atoms with Crippen molar-refractivity contribution in [3.63, 3.8) is 0 Å². The summed E-state index contributed by atoms with van der Waals surface area (Å²) in [5.41, 5.74) is 3.11. The molecule has 2 aromatic heterocycles. The molecule has 2 heterocycles. The summed E-state index contributed by atoms with van der Waals surface area (Å²) in [6.45, 7) is 2.11. The van der Waals surface area contributed by atoms with E-state index in [-0.39, 0.29) is 5.56 Å². The first-order chi connectivity index (χ1) is 15.1. The summed E-state index contributed by atoms with van der Waals surface area (Å²) in [6.07, 6.45) is 2.62. The maximum Gasteiger partial charge on any atom is 0.282 e. The number of benzene rings is 3. The third-order valence-corrected chi connectivity index (χ3v) is 5.40. The molecule has 5 nitrogen and oxygen atoms in total. The highest BCUT2D eigenvalue weighted by atomic mass is 35.5. The van der Waals surface area contributed by atoms with Crippen LogP contribution < -0.4 is 5.56 Å². The lowest BCUT2D eigenvalue weighted by Gasteiger charge is -2.07. The number of para-hydroxylation sites is 1. The van der Waals surface area contributed by atoms with Gasteiger partial charge in [0.1, 0.15) is 5.58 Å². The maximum atomic E-state index is 13.3. The number of fused-ring (bicyclic) bond motifs is 2. The van der Waals surface area contributed by atoms with Gasteiger partial charge in [0.25, 0.3) is 5.56 Å². The molecule has 152 valence electrons. The van der Waals surface area contributed by atoms with Crippen LogP contribution in [0.5, 0.6) is 0 Å². The third kappa shape index (κ3) is 3.64. The summed E-state index contributed by atoms with van der Waals surface area (Å²) in [4.78, 5) is 17.9. The summed E-state index contributed by atoms with van der Waals surface area (Å²) < 4.78 is 7.27. The number of hydrogen-bond donors (Lipinski definition) is 0. The van der Waals surface area contributed by atoms with Gasteiger partial charge in [-0.1, -0.05) is 54.9 Å². The van der Waals surface area contributed by atoms with Crippen LogP contribution in [0.15, 0.2) is 87.1 Å². The number of aryl methyl sites for hydroxylation is 1. The molecule has 6 heteroatoms. The highest BCUT2D eigenvalue weighted by Crippen LogP contribution is 2.29. The Morgan fingerprint density at radius 2 is 1.87 bits per heavy atom. The smallest absolute Gasteiger partial charge is 0.282 e. The van der Waals surface area contributed by atoms with E-state index < -0.39 is 0 Å². The number of rotatable bonds is 4. The van der Waals surface area contributed by atoms with Crippen LogP contribution in [-0.2, 0) is 6.42 Å². The zero-order chi connectivity index (χ0) is 21.4. The predicted octanol–water partition coefficient (Wildman–Crippen LogP) is 5.91. The molecule has 0 bridgehead atoms. The van der Waals surface area contributed by atoms with Gasteiger partial charge in [-0.05, 0) is 53.9 Å². The molecule has 0 aliphatic heterocycles. The fourth-order valence-corrected chi connectivity index (χ4v) is 3.66. The first kappa shape index (κ1) is 19.3. The van der Waals surface area contributed by atoms with Gasteiger partial charge in [-0.25, -0.2) is 4.98 Å². The SMILES string of the molecule is CCc1ccc(C=Nn2c(-c3cc4cc(Cl)ccc4o3)nc3ccccc3c2=O)cc1. The minimum Gasteiger partial charge on any atom is -0.453 e. The van der Waals surface area contributed by atoms with Crippen LogP contribution >= 0.6 is 11.6 Å². The van der Waals surface area contributed by atoms with Gasteiger partial charge >= 0.3 is 0 Å². The van der Waals surface area contributed by atoms with Crippen molar-refractivity contribution in [2.75, 3.05) is 0 Å². The average Bonchev–Trinajstić information content (AvgIpc) is 3.22. The van der Waals surface area contributed by atoms with E-state index in [1.807, 2.05) is 48.5 Å². The second kappa shape index (κ2) is 7.85. The zero-order valence-electron chi connectivity index (χ0n) is 16.7. The van der Waals surface area contributed by atoms with Crippen molar-refractivity contribution < 1.29 is 4.42 Å². The van der Waals surface area contributed by atoms with Crippen molar-refractivity contribution in [1.29, 1.82) is 0 Å². The van der Waals surface area contributed by atoms with E-state index in [1.165, 1.54) is 10.2 Å². The molecule has 0 N–H and O–H groups in total. The van der Waals surface area contributed by atoms with Crippen molar-refractivity contribution in [2.45, 2.75) is 13.3 Å². The Morgan fingerprint density at radius 3 is 2.68 bits per heavy atom. The van der Waals surface area contributed by atoms with E-state index in [9.17, 15) is 4.79 Å². The van der Waals surface area contributed by atoms with E-state index >= 15 is 0 Å². The fraction of sp³-hybridized carbons (Fsp3) is 0.0800. The minimum atomic E-state index is -0.263. The molecule has 0 amide bonds. The first-order valence-corrected chi connectivity index (χ1v) is 10.3. The molecule has 5 rings (SSSR count). The average molecular weight is 428 g/mol. The highest BCUT2D eigenvalue weighted by Gasteiger charge is 2.16.